The van der Waals surface area contributed by atoms with Gasteiger partial charge in [-0.15, -0.1) is 0 Å². The fourth-order valence-corrected chi connectivity index (χ4v) is 5.16. The molecule has 0 bridgehead atoms. The number of pyridine rings is 1. The van der Waals surface area contributed by atoms with Gasteiger partial charge in [-0.1, -0.05) is 5.16 Å². The number of nitrogens with zero attached hydrogens (tertiary/aromatic N) is 4. The molecule has 4 heterocycles. The average Bonchev–Trinajstić information content (AvgIpc) is 3.39. The van der Waals surface area contributed by atoms with Crippen molar-refractivity contribution in [3.63, 3.8) is 0 Å². The highest BCUT2D eigenvalue weighted by Gasteiger charge is 2.27. The fraction of sp³-hybridized carbons (Fsp3) is 0.500. The number of hydrogen-bond acceptors (Lipinski definition) is 7. The predicted molar refractivity (Wildman–Crippen MR) is 131 cm³/mol. The van der Waals surface area contributed by atoms with Crippen LogP contribution in [0.3, 0.4) is 0 Å². The molecule has 0 radical (unpaired) electrons. The molecule has 0 spiro atoms. The van der Waals surface area contributed by atoms with Gasteiger partial charge in [-0.2, -0.15) is 0 Å². The summed E-state index contributed by atoms with van der Waals surface area (Å²) in [5, 5.41) is 5.17. The van der Waals surface area contributed by atoms with Crippen LogP contribution >= 0.6 is 0 Å². The second-order valence-electron chi connectivity index (χ2n) is 9.02. The summed E-state index contributed by atoms with van der Waals surface area (Å²) in [4.78, 5) is 9.90. The zero-order chi connectivity index (χ0) is 23.8. The van der Waals surface area contributed by atoms with Gasteiger partial charge in [-0.3, -0.25) is 4.98 Å². The second-order valence-corrected chi connectivity index (χ2v) is 9.02. The first kappa shape index (κ1) is 22.8. The van der Waals surface area contributed by atoms with Gasteiger partial charge in [0.25, 0.3) is 0 Å². The molecule has 1 aliphatic heterocycles. The van der Waals surface area contributed by atoms with Crippen LogP contribution in [0.25, 0.3) is 33.1 Å². The van der Waals surface area contributed by atoms with Crippen LogP contribution < -0.4 is 4.74 Å². The Bertz CT molecular complexity index is 1300. The van der Waals surface area contributed by atoms with Gasteiger partial charge in [0.1, 0.15) is 22.9 Å². The maximum Gasteiger partial charge on any atom is 0.141 e. The number of methoxy groups -OCH3 is 1. The third kappa shape index (κ3) is 3.84. The minimum atomic E-state index is 0.122. The number of aromatic nitrogens is 4. The monoisotopic (exact) mass is 464 g/mol. The molecule has 0 saturated carbocycles. The molecule has 8 heteroatoms. The summed E-state index contributed by atoms with van der Waals surface area (Å²) in [6.45, 7) is 10.7. The topological polar surface area (TPSA) is 84.4 Å². The largest absolute Gasteiger partial charge is 0.493 e. The summed E-state index contributed by atoms with van der Waals surface area (Å²) in [6, 6.07) is 4.30. The lowest BCUT2D eigenvalue weighted by Gasteiger charge is -2.25. The van der Waals surface area contributed by atoms with Crippen LogP contribution in [-0.2, 0) is 9.47 Å². The third-order valence-corrected chi connectivity index (χ3v) is 6.68. The van der Waals surface area contributed by atoms with Crippen molar-refractivity contribution in [3.05, 3.63) is 35.6 Å². The van der Waals surface area contributed by atoms with Crippen molar-refractivity contribution >= 4 is 21.9 Å². The number of fused-ring (bicyclic) bond motifs is 3. The normalized spacial score (nSPS) is 15.9. The van der Waals surface area contributed by atoms with Crippen LogP contribution in [-0.4, -0.2) is 53.2 Å². The van der Waals surface area contributed by atoms with Gasteiger partial charge in [0, 0.05) is 37.2 Å². The SMILES string of the molecule is CCOc1cc2c(cc1-c1c(C)noc1C)ncc1nc(C3CCOCC3)n(C(C)COC)c12. The smallest absolute Gasteiger partial charge is 0.141 e. The Balaban J connectivity index is 1.79. The highest BCUT2D eigenvalue weighted by Crippen LogP contribution is 2.41. The van der Waals surface area contributed by atoms with E-state index in [1.807, 2.05) is 27.0 Å². The first-order valence-electron chi connectivity index (χ1n) is 12.0. The number of rotatable bonds is 7. The quantitative estimate of drug-likeness (QED) is 0.364. The lowest BCUT2D eigenvalue weighted by molar-refractivity contribution is 0.0817. The maximum absolute atomic E-state index is 6.13. The molecule has 0 N–H and O–H groups in total. The number of hydrogen-bond donors (Lipinski definition) is 0. The van der Waals surface area contributed by atoms with Crippen molar-refractivity contribution in [3.8, 4) is 16.9 Å². The first-order chi connectivity index (χ1) is 16.5. The van der Waals surface area contributed by atoms with Gasteiger partial charge < -0.3 is 23.3 Å². The lowest BCUT2D eigenvalue weighted by Crippen LogP contribution is -2.21. The van der Waals surface area contributed by atoms with E-state index in [2.05, 4.69) is 28.8 Å². The summed E-state index contributed by atoms with van der Waals surface area (Å²) in [5.41, 5.74) is 5.58. The Morgan fingerprint density at radius 2 is 1.97 bits per heavy atom. The number of ether oxygens (including phenoxy) is 3. The molecule has 34 heavy (non-hydrogen) atoms. The molecule has 1 aliphatic rings. The van der Waals surface area contributed by atoms with Crippen molar-refractivity contribution in [1.82, 2.24) is 19.7 Å². The van der Waals surface area contributed by atoms with Gasteiger partial charge in [-0.25, -0.2) is 4.98 Å². The van der Waals surface area contributed by atoms with E-state index in [1.165, 1.54) is 0 Å². The molecular weight excluding hydrogens is 432 g/mol. The van der Waals surface area contributed by atoms with E-state index < -0.39 is 0 Å². The molecule has 0 amide bonds. The fourth-order valence-electron chi connectivity index (χ4n) is 5.16. The first-order valence-corrected chi connectivity index (χ1v) is 12.0. The zero-order valence-corrected chi connectivity index (χ0v) is 20.6. The van der Waals surface area contributed by atoms with Crippen molar-refractivity contribution in [1.29, 1.82) is 0 Å². The Labute approximate surface area is 199 Å². The maximum atomic E-state index is 6.13. The van der Waals surface area contributed by atoms with E-state index in [1.54, 1.807) is 7.11 Å². The molecule has 1 fully saturated rings. The molecular formula is C26H32N4O4. The molecule has 180 valence electrons. The van der Waals surface area contributed by atoms with Crippen molar-refractivity contribution in [2.75, 3.05) is 33.5 Å². The molecule has 1 unspecified atom stereocenters. The van der Waals surface area contributed by atoms with E-state index in [-0.39, 0.29) is 6.04 Å². The van der Waals surface area contributed by atoms with Gasteiger partial charge in [0.15, 0.2) is 0 Å². The number of benzene rings is 1. The van der Waals surface area contributed by atoms with E-state index in [4.69, 9.17) is 28.7 Å². The predicted octanol–water partition coefficient (Wildman–Crippen LogP) is 5.36. The van der Waals surface area contributed by atoms with E-state index in [9.17, 15) is 0 Å². The standard InChI is InChI=1S/C26H32N4O4/c1-6-33-23-12-19-21(11-20(23)24-16(3)29-34-17(24)4)27-13-22-25(19)30(15(2)14-31-5)26(28-22)18-7-9-32-10-8-18/h11-13,15,18H,6-10,14H2,1-5H3. The molecule has 0 aliphatic carbocycles. The average molecular weight is 465 g/mol. The Hall–Kier alpha value is -2.97. The lowest BCUT2D eigenvalue weighted by atomic mass is 9.99. The van der Waals surface area contributed by atoms with Crippen molar-refractivity contribution in [2.24, 2.45) is 0 Å². The minimum absolute atomic E-state index is 0.122. The summed E-state index contributed by atoms with van der Waals surface area (Å²) in [5.74, 6) is 2.99. The van der Waals surface area contributed by atoms with Crippen LogP contribution in [0, 0.1) is 13.8 Å². The summed E-state index contributed by atoms with van der Waals surface area (Å²) >= 11 is 0. The van der Waals surface area contributed by atoms with Crippen molar-refractivity contribution in [2.45, 2.75) is 52.5 Å². The van der Waals surface area contributed by atoms with E-state index in [0.717, 1.165) is 82.1 Å². The summed E-state index contributed by atoms with van der Waals surface area (Å²) < 4.78 is 25.1. The third-order valence-electron chi connectivity index (χ3n) is 6.68. The highest BCUT2D eigenvalue weighted by molar-refractivity contribution is 6.05. The molecule has 3 aromatic heterocycles. The molecule has 1 aromatic carbocycles. The zero-order valence-electron chi connectivity index (χ0n) is 20.6. The molecule has 4 aromatic rings. The summed E-state index contributed by atoms with van der Waals surface area (Å²) in [7, 11) is 1.74. The van der Waals surface area contributed by atoms with Gasteiger partial charge in [-0.05, 0) is 52.7 Å². The van der Waals surface area contributed by atoms with Gasteiger partial charge in [0.2, 0.25) is 0 Å². The van der Waals surface area contributed by atoms with Gasteiger partial charge >= 0.3 is 0 Å². The molecule has 1 saturated heterocycles. The summed E-state index contributed by atoms with van der Waals surface area (Å²) in [6.07, 6.45) is 3.82. The van der Waals surface area contributed by atoms with E-state index in [0.29, 0.717) is 19.1 Å². The van der Waals surface area contributed by atoms with Crippen molar-refractivity contribution < 1.29 is 18.7 Å². The highest BCUT2D eigenvalue weighted by atomic mass is 16.5. The Morgan fingerprint density at radius 3 is 2.65 bits per heavy atom. The molecule has 8 nitrogen and oxygen atoms in total. The minimum Gasteiger partial charge on any atom is -0.493 e. The molecule has 1 atom stereocenters. The molecule has 5 rings (SSSR count). The second kappa shape index (κ2) is 9.35. The number of imidazole rings is 1. The Kier molecular flexibility index (Phi) is 6.27. The van der Waals surface area contributed by atoms with Crippen LogP contribution in [0.15, 0.2) is 22.9 Å². The number of aryl methyl sites for hydroxylation is 2. The Morgan fingerprint density at radius 1 is 1.18 bits per heavy atom. The van der Waals surface area contributed by atoms with Crippen LogP contribution in [0.5, 0.6) is 5.75 Å². The van der Waals surface area contributed by atoms with Gasteiger partial charge in [0.05, 0.1) is 47.7 Å². The van der Waals surface area contributed by atoms with Crippen LogP contribution in [0.2, 0.25) is 0 Å². The van der Waals surface area contributed by atoms with Crippen LogP contribution in [0.1, 0.15) is 55.9 Å². The van der Waals surface area contributed by atoms with E-state index >= 15 is 0 Å². The van der Waals surface area contributed by atoms with Crippen LogP contribution in [0.4, 0.5) is 0 Å².